The van der Waals surface area contributed by atoms with Gasteiger partial charge in [-0.15, -0.1) is 0 Å². The zero-order chi connectivity index (χ0) is 13.9. The Morgan fingerprint density at radius 2 is 2.20 bits per heavy atom. The summed E-state index contributed by atoms with van der Waals surface area (Å²) in [7, 11) is 1.90. The SMILES string of the molecule is Cn1ncnc1CN1CCC[C@@H]1C(=O)N1CCSCC1. The van der Waals surface area contributed by atoms with E-state index in [9.17, 15) is 4.79 Å². The standard InChI is InChI=1S/C13H21N5OS/c1-16-12(14-10-15-16)9-18-4-2-3-11(18)13(19)17-5-7-20-8-6-17/h10-11H,2-9H2,1H3/t11-/m1/s1. The van der Waals surface area contributed by atoms with Crippen LogP contribution in [0.2, 0.25) is 0 Å². The highest BCUT2D eigenvalue weighted by atomic mass is 32.2. The summed E-state index contributed by atoms with van der Waals surface area (Å²) in [5, 5.41) is 4.10. The van der Waals surface area contributed by atoms with Gasteiger partial charge in [-0.1, -0.05) is 0 Å². The predicted molar refractivity (Wildman–Crippen MR) is 78.3 cm³/mol. The summed E-state index contributed by atoms with van der Waals surface area (Å²) in [6, 6.07) is 0.0369. The molecule has 6 nitrogen and oxygen atoms in total. The Kier molecular flexibility index (Phi) is 4.26. The van der Waals surface area contributed by atoms with E-state index in [-0.39, 0.29) is 6.04 Å². The van der Waals surface area contributed by atoms with Crippen molar-refractivity contribution in [2.24, 2.45) is 7.05 Å². The van der Waals surface area contributed by atoms with E-state index in [1.165, 1.54) is 0 Å². The molecule has 1 aromatic rings. The number of amides is 1. The van der Waals surface area contributed by atoms with Gasteiger partial charge in [0.05, 0.1) is 12.6 Å². The average Bonchev–Trinajstić information content (AvgIpc) is 3.09. The molecule has 0 N–H and O–H groups in total. The van der Waals surface area contributed by atoms with Crippen molar-refractivity contribution < 1.29 is 4.79 Å². The molecule has 2 aliphatic rings. The molecule has 0 spiro atoms. The molecule has 0 bridgehead atoms. The summed E-state index contributed by atoms with van der Waals surface area (Å²) in [5.74, 6) is 3.38. The van der Waals surface area contributed by atoms with Crippen LogP contribution in [0.5, 0.6) is 0 Å². The highest BCUT2D eigenvalue weighted by Crippen LogP contribution is 2.22. The third-order valence-electron chi connectivity index (χ3n) is 4.12. The molecule has 0 radical (unpaired) electrons. The molecule has 110 valence electrons. The average molecular weight is 295 g/mol. The van der Waals surface area contributed by atoms with Crippen LogP contribution in [0, 0.1) is 0 Å². The quantitative estimate of drug-likeness (QED) is 0.806. The lowest BCUT2D eigenvalue weighted by Crippen LogP contribution is -2.48. The van der Waals surface area contributed by atoms with Gasteiger partial charge in [-0.2, -0.15) is 16.9 Å². The third kappa shape index (κ3) is 2.83. The molecule has 20 heavy (non-hydrogen) atoms. The summed E-state index contributed by atoms with van der Waals surface area (Å²) in [6.07, 6.45) is 3.64. The molecule has 3 heterocycles. The molecule has 0 aliphatic carbocycles. The van der Waals surface area contributed by atoms with Crippen molar-refractivity contribution in [3.8, 4) is 0 Å². The number of aromatic nitrogens is 3. The second-order valence-corrected chi connectivity index (χ2v) is 6.59. The Hall–Kier alpha value is -1.08. The van der Waals surface area contributed by atoms with Crippen LogP contribution >= 0.6 is 11.8 Å². The number of likely N-dealkylation sites (tertiary alicyclic amines) is 1. The van der Waals surface area contributed by atoms with Gasteiger partial charge in [0.1, 0.15) is 12.2 Å². The van der Waals surface area contributed by atoms with E-state index in [0.717, 1.165) is 56.4 Å². The molecule has 0 aromatic carbocycles. The fourth-order valence-corrected chi connectivity index (χ4v) is 3.84. The Bertz CT molecular complexity index is 471. The first kappa shape index (κ1) is 13.9. The number of thioether (sulfide) groups is 1. The summed E-state index contributed by atoms with van der Waals surface area (Å²) in [4.78, 5) is 21.2. The van der Waals surface area contributed by atoms with Gasteiger partial charge >= 0.3 is 0 Å². The molecular formula is C13H21N5OS. The Morgan fingerprint density at radius 3 is 2.90 bits per heavy atom. The van der Waals surface area contributed by atoms with Gasteiger partial charge < -0.3 is 4.90 Å². The van der Waals surface area contributed by atoms with Gasteiger partial charge in [0.2, 0.25) is 5.91 Å². The maximum absolute atomic E-state index is 12.7. The lowest BCUT2D eigenvalue weighted by atomic mass is 10.2. The van der Waals surface area contributed by atoms with E-state index in [1.54, 1.807) is 11.0 Å². The van der Waals surface area contributed by atoms with E-state index >= 15 is 0 Å². The largest absolute Gasteiger partial charge is 0.340 e. The number of carbonyl (C=O) groups is 1. The first-order valence-electron chi connectivity index (χ1n) is 7.19. The highest BCUT2D eigenvalue weighted by Gasteiger charge is 2.34. The summed E-state index contributed by atoms with van der Waals surface area (Å²) in [6.45, 7) is 3.50. The van der Waals surface area contributed by atoms with Crippen LogP contribution in [0.15, 0.2) is 6.33 Å². The van der Waals surface area contributed by atoms with Crippen LogP contribution < -0.4 is 0 Å². The monoisotopic (exact) mass is 295 g/mol. The number of carbonyl (C=O) groups excluding carboxylic acids is 1. The smallest absolute Gasteiger partial charge is 0.239 e. The van der Waals surface area contributed by atoms with Gasteiger partial charge in [-0.05, 0) is 19.4 Å². The van der Waals surface area contributed by atoms with E-state index in [4.69, 9.17) is 0 Å². The first-order chi connectivity index (χ1) is 9.75. The number of hydrogen-bond donors (Lipinski definition) is 0. The highest BCUT2D eigenvalue weighted by molar-refractivity contribution is 7.99. The molecule has 2 saturated heterocycles. The van der Waals surface area contributed by atoms with Crippen molar-refractivity contribution in [3.63, 3.8) is 0 Å². The van der Waals surface area contributed by atoms with Crippen molar-refractivity contribution >= 4 is 17.7 Å². The van der Waals surface area contributed by atoms with Crippen molar-refractivity contribution in [2.45, 2.75) is 25.4 Å². The van der Waals surface area contributed by atoms with Crippen molar-refractivity contribution in [2.75, 3.05) is 31.1 Å². The number of nitrogens with zero attached hydrogens (tertiary/aromatic N) is 5. The maximum atomic E-state index is 12.7. The lowest BCUT2D eigenvalue weighted by molar-refractivity contribution is -0.135. The molecule has 0 saturated carbocycles. The molecule has 3 rings (SSSR count). The minimum absolute atomic E-state index is 0.0369. The van der Waals surface area contributed by atoms with Crippen LogP contribution in [0.25, 0.3) is 0 Å². The molecule has 1 aromatic heterocycles. The molecule has 1 amide bonds. The molecule has 2 fully saturated rings. The summed E-state index contributed by atoms with van der Waals surface area (Å²) < 4.78 is 1.79. The van der Waals surface area contributed by atoms with E-state index in [0.29, 0.717) is 5.91 Å². The Morgan fingerprint density at radius 1 is 1.40 bits per heavy atom. The van der Waals surface area contributed by atoms with Gasteiger partial charge in [-0.25, -0.2) is 4.98 Å². The molecule has 1 atom stereocenters. The lowest BCUT2D eigenvalue weighted by Gasteiger charge is -2.32. The third-order valence-corrected chi connectivity index (χ3v) is 5.06. The topological polar surface area (TPSA) is 54.3 Å². The second-order valence-electron chi connectivity index (χ2n) is 5.37. The van der Waals surface area contributed by atoms with E-state index < -0.39 is 0 Å². The summed E-state index contributed by atoms with van der Waals surface area (Å²) in [5.41, 5.74) is 0. The molecular weight excluding hydrogens is 274 g/mol. The first-order valence-corrected chi connectivity index (χ1v) is 8.34. The van der Waals surface area contributed by atoms with Gasteiger partial charge in [0.25, 0.3) is 0 Å². The predicted octanol–water partition coefficient (Wildman–Crippen LogP) is 0.355. The van der Waals surface area contributed by atoms with Crippen LogP contribution in [0.3, 0.4) is 0 Å². The zero-order valence-corrected chi connectivity index (χ0v) is 12.7. The molecule has 0 unspecified atom stereocenters. The Labute approximate surface area is 123 Å². The van der Waals surface area contributed by atoms with Gasteiger partial charge in [0.15, 0.2) is 0 Å². The minimum Gasteiger partial charge on any atom is -0.340 e. The van der Waals surface area contributed by atoms with Crippen molar-refractivity contribution in [3.05, 3.63) is 12.2 Å². The number of aryl methyl sites for hydroxylation is 1. The number of rotatable bonds is 3. The van der Waals surface area contributed by atoms with Gasteiger partial charge in [-0.3, -0.25) is 14.4 Å². The van der Waals surface area contributed by atoms with E-state index in [1.807, 2.05) is 23.7 Å². The zero-order valence-electron chi connectivity index (χ0n) is 11.9. The Balaban J connectivity index is 1.65. The maximum Gasteiger partial charge on any atom is 0.239 e. The van der Waals surface area contributed by atoms with Crippen LogP contribution in [-0.4, -0.2) is 67.7 Å². The van der Waals surface area contributed by atoms with Crippen LogP contribution in [0.1, 0.15) is 18.7 Å². The van der Waals surface area contributed by atoms with Crippen molar-refractivity contribution in [1.82, 2.24) is 24.6 Å². The second kappa shape index (κ2) is 6.13. The minimum atomic E-state index is 0.0369. The fourth-order valence-electron chi connectivity index (χ4n) is 2.93. The van der Waals surface area contributed by atoms with Gasteiger partial charge in [0, 0.05) is 31.6 Å². The fraction of sp³-hybridized carbons (Fsp3) is 0.769. The summed E-state index contributed by atoms with van der Waals surface area (Å²) >= 11 is 1.94. The molecule has 2 aliphatic heterocycles. The number of hydrogen-bond acceptors (Lipinski definition) is 5. The van der Waals surface area contributed by atoms with E-state index in [2.05, 4.69) is 15.0 Å². The van der Waals surface area contributed by atoms with Crippen LogP contribution in [-0.2, 0) is 18.4 Å². The van der Waals surface area contributed by atoms with Crippen molar-refractivity contribution in [1.29, 1.82) is 0 Å². The van der Waals surface area contributed by atoms with Crippen LogP contribution in [0.4, 0.5) is 0 Å². The normalized spacial score (nSPS) is 24.2. The molecule has 7 heteroatoms.